The molecule has 0 saturated carbocycles. The van der Waals surface area contributed by atoms with Gasteiger partial charge in [0.2, 0.25) is 0 Å². The summed E-state index contributed by atoms with van der Waals surface area (Å²) in [7, 11) is 1.20. The smallest absolute Gasteiger partial charge is 0.0842 e. The molecule has 0 aromatic heterocycles. The van der Waals surface area contributed by atoms with Crippen LogP contribution in [0.3, 0.4) is 0 Å². The highest BCUT2D eigenvalue weighted by atomic mass is 13.8. The van der Waals surface area contributed by atoms with Crippen LogP contribution in [0.15, 0.2) is 30.3 Å². The number of hydrogen-bond acceptors (Lipinski definition) is 0. The fraction of sp³-hybridized carbons (Fsp3) is 0.333. The quantitative estimate of drug-likeness (QED) is 0.536. The van der Waals surface area contributed by atoms with E-state index in [1.165, 1.54) is 12.7 Å². The van der Waals surface area contributed by atoms with Crippen molar-refractivity contribution >= 4 is 12.7 Å². The van der Waals surface area contributed by atoms with Gasteiger partial charge >= 0.3 is 0 Å². The lowest BCUT2D eigenvalue weighted by Crippen LogP contribution is -2.15. The molecule has 1 rings (SSSR count). The number of benzene rings is 1. The normalized spacial score (nSPS) is 9.90. The second kappa shape index (κ2) is 3.45. The summed E-state index contributed by atoms with van der Waals surface area (Å²) in [5, 5.41) is 0. The van der Waals surface area contributed by atoms with Gasteiger partial charge in [-0.05, 0) is 0 Å². The van der Waals surface area contributed by atoms with Gasteiger partial charge in [0.25, 0.3) is 0 Å². The minimum atomic E-state index is 0.766. The van der Waals surface area contributed by atoms with Gasteiger partial charge in [0.05, 0.1) is 0 Å². The van der Waals surface area contributed by atoms with Gasteiger partial charge in [-0.25, -0.2) is 0 Å². The Balaban J connectivity index is 2.59. The fourth-order valence-electron chi connectivity index (χ4n) is 1.09. The molecule has 1 aromatic carbocycles. The van der Waals surface area contributed by atoms with E-state index in [1.807, 2.05) is 0 Å². The van der Waals surface area contributed by atoms with Crippen LogP contribution in [0.2, 0.25) is 5.82 Å². The van der Waals surface area contributed by atoms with Gasteiger partial charge in [-0.3, -0.25) is 0 Å². The zero-order chi connectivity index (χ0) is 7.40. The summed E-state index contributed by atoms with van der Waals surface area (Å²) >= 11 is 0. The van der Waals surface area contributed by atoms with Crippen molar-refractivity contribution in [3.8, 4) is 0 Å². The molecule has 1 aromatic rings. The first-order chi connectivity index (χ1) is 4.79. The summed E-state index contributed by atoms with van der Waals surface area (Å²) in [6.45, 7) is 4.49. The Labute approximate surface area is 63.5 Å². The molecule has 0 aliphatic rings. The van der Waals surface area contributed by atoms with Crippen LogP contribution in [0.4, 0.5) is 0 Å². The molecule has 0 aliphatic carbocycles. The Hall–Kier alpha value is -0.715. The van der Waals surface area contributed by atoms with E-state index in [-0.39, 0.29) is 0 Å². The summed E-state index contributed by atoms with van der Waals surface area (Å²) in [6, 6.07) is 10.6. The van der Waals surface area contributed by atoms with Gasteiger partial charge in [-0.15, -0.1) is 0 Å². The Bertz CT molecular complexity index is 179. The van der Waals surface area contributed by atoms with Gasteiger partial charge in [0.1, 0.15) is 0 Å². The molecule has 0 atom stereocenters. The van der Waals surface area contributed by atoms with Crippen molar-refractivity contribution in [1.29, 1.82) is 0 Å². The van der Waals surface area contributed by atoms with Crippen LogP contribution in [-0.2, 0) is 0 Å². The molecule has 0 saturated heterocycles. The molecule has 0 unspecified atom stereocenters. The first kappa shape index (κ1) is 7.39. The molecule has 0 N–H and O–H groups in total. The number of hydrogen-bond donors (Lipinski definition) is 0. The van der Waals surface area contributed by atoms with Gasteiger partial charge in [0, 0.05) is 0 Å². The SMILES string of the molecule is CC(C)Bc1ccccc1. The lowest BCUT2D eigenvalue weighted by atomic mass is 9.61. The Morgan fingerprint density at radius 1 is 1.10 bits per heavy atom. The molecule has 10 heavy (non-hydrogen) atoms. The summed E-state index contributed by atoms with van der Waals surface area (Å²) in [5.41, 5.74) is 1.44. The van der Waals surface area contributed by atoms with Crippen LogP contribution < -0.4 is 5.46 Å². The molecule has 0 nitrogen and oxygen atoms in total. The van der Waals surface area contributed by atoms with E-state index >= 15 is 0 Å². The second-order valence-corrected chi connectivity index (χ2v) is 3.08. The molecule has 52 valence electrons. The van der Waals surface area contributed by atoms with Crippen LogP contribution in [0.5, 0.6) is 0 Å². The predicted molar refractivity (Wildman–Crippen MR) is 48.3 cm³/mol. The van der Waals surface area contributed by atoms with Crippen molar-refractivity contribution < 1.29 is 0 Å². The van der Waals surface area contributed by atoms with Crippen molar-refractivity contribution in [3.63, 3.8) is 0 Å². The fourth-order valence-corrected chi connectivity index (χ4v) is 1.09. The maximum Gasteiger partial charge on any atom is 0.160 e. The molecule has 0 fully saturated rings. The average Bonchev–Trinajstić information content (AvgIpc) is 1.88. The zero-order valence-corrected chi connectivity index (χ0v) is 6.67. The molecule has 0 heterocycles. The zero-order valence-electron chi connectivity index (χ0n) is 6.67. The van der Waals surface area contributed by atoms with Gasteiger partial charge in [-0.2, -0.15) is 0 Å². The van der Waals surface area contributed by atoms with Crippen molar-refractivity contribution in [3.05, 3.63) is 30.3 Å². The Morgan fingerprint density at radius 2 is 1.70 bits per heavy atom. The van der Waals surface area contributed by atoms with Crippen molar-refractivity contribution in [2.24, 2.45) is 0 Å². The van der Waals surface area contributed by atoms with E-state index in [0.29, 0.717) is 0 Å². The third-order valence-electron chi connectivity index (χ3n) is 1.49. The molecular formula is C9H13B. The Kier molecular flexibility index (Phi) is 2.55. The summed E-state index contributed by atoms with van der Waals surface area (Å²) in [5.74, 6) is 0.766. The second-order valence-electron chi connectivity index (χ2n) is 3.08. The van der Waals surface area contributed by atoms with Gasteiger partial charge < -0.3 is 0 Å². The third-order valence-corrected chi connectivity index (χ3v) is 1.49. The first-order valence-corrected chi connectivity index (χ1v) is 3.83. The lowest BCUT2D eigenvalue weighted by molar-refractivity contribution is 1.07. The van der Waals surface area contributed by atoms with Gasteiger partial charge in [0.15, 0.2) is 7.28 Å². The highest BCUT2D eigenvalue weighted by Gasteiger charge is 1.97. The predicted octanol–water partition coefficient (Wildman–Crippen LogP) is 1.58. The lowest BCUT2D eigenvalue weighted by Gasteiger charge is -2.00. The summed E-state index contributed by atoms with van der Waals surface area (Å²) in [4.78, 5) is 0. The van der Waals surface area contributed by atoms with E-state index in [0.717, 1.165) is 5.82 Å². The molecule has 1 heteroatoms. The van der Waals surface area contributed by atoms with Crippen molar-refractivity contribution in [2.75, 3.05) is 0 Å². The van der Waals surface area contributed by atoms with Crippen LogP contribution >= 0.6 is 0 Å². The first-order valence-electron chi connectivity index (χ1n) is 3.83. The van der Waals surface area contributed by atoms with Crippen molar-refractivity contribution in [1.82, 2.24) is 0 Å². The molecule has 0 bridgehead atoms. The molecular weight excluding hydrogens is 119 g/mol. The maximum atomic E-state index is 2.24. The maximum absolute atomic E-state index is 2.24. The standard InChI is InChI=1S/C9H13B/c1-8(2)10-9-6-4-3-5-7-9/h3-8,10H,1-2H3. The average molecular weight is 132 g/mol. The van der Waals surface area contributed by atoms with Crippen LogP contribution in [0, 0.1) is 0 Å². The van der Waals surface area contributed by atoms with Crippen molar-refractivity contribution in [2.45, 2.75) is 19.7 Å². The monoisotopic (exact) mass is 132 g/mol. The highest BCUT2D eigenvalue weighted by Crippen LogP contribution is 1.96. The van der Waals surface area contributed by atoms with E-state index in [4.69, 9.17) is 0 Å². The van der Waals surface area contributed by atoms with E-state index < -0.39 is 0 Å². The van der Waals surface area contributed by atoms with E-state index in [1.54, 1.807) is 0 Å². The highest BCUT2D eigenvalue weighted by molar-refractivity contribution is 6.54. The van der Waals surface area contributed by atoms with Gasteiger partial charge in [-0.1, -0.05) is 55.5 Å². The largest absolute Gasteiger partial charge is 0.160 e. The summed E-state index contributed by atoms with van der Waals surface area (Å²) in [6.07, 6.45) is 0. The summed E-state index contributed by atoms with van der Waals surface area (Å²) < 4.78 is 0. The number of rotatable bonds is 2. The Morgan fingerprint density at radius 3 is 2.20 bits per heavy atom. The third kappa shape index (κ3) is 2.26. The minimum Gasteiger partial charge on any atom is -0.0842 e. The molecule has 0 spiro atoms. The van der Waals surface area contributed by atoms with Crippen LogP contribution in [-0.4, -0.2) is 7.28 Å². The van der Waals surface area contributed by atoms with E-state index in [2.05, 4.69) is 44.2 Å². The molecule has 0 radical (unpaired) electrons. The molecule has 0 amide bonds. The topological polar surface area (TPSA) is 0 Å². The van der Waals surface area contributed by atoms with Crippen LogP contribution in [0.25, 0.3) is 0 Å². The van der Waals surface area contributed by atoms with Crippen LogP contribution in [0.1, 0.15) is 13.8 Å². The van der Waals surface area contributed by atoms with E-state index in [9.17, 15) is 0 Å². The molecule has 0 aliphatic heterocycles. The minimum absolute atomic E-state index is 0.766.